The summed E-state index contributed by atoms with van der Waals surface area (Å²) in [5, 5.41) is 2.84. The van der Waals surface area contributed by atoms with Crippen molar-refractivity contribution in [2.24, 2.45) is 5.92 Å². The lowest BCUT2D eigenvalue weighted by atomic mass is 10.2. The van der Waals surface area contributed by atoms with Crippen LogP contribution in [0.25, 0.3) is 16.9 Å². The van der Waals surface area contributed by atoms with Crippen molar-refractivity contribution < 1.29 is 22.7 Å². The maximum absolute atomic E-state index is 13.5. The molecule has 0 spiro atoms. The Balaban J connectivity index is 1.68. The minimum Gasteiger partial charge on any atom is -0.493 e. The first-order chi connectivity index (χ1) is 19.1. The van der Waals surface area contributed by atoms with Gasteiger partial charge in [-0.3, -0.25) is 14.7 Å². The monoisotopic (exact) mass is 562 g/mol. The van der Waals surface area contributed by atoms with E-state index in [-0.39, 0.29) is 29.9 Å². The zero-order chi connectivity index (χ0) is 28.9. The fourth-order valence-electron chi connectivity index (χ4n) is 4.23. The summed E-state index contributed by atoms with van der Waals surface area (Å²) in [7, 11) is -0.798. The maximum atomic E-state index is 13.5. The third kappa shape index (κ3) is 6.52. The van der Waals surface area contributed by atoms with Gasteiger partial charge in [0.25, 0.3) is 0 Å². The fraction of sp³-hybridized carbons (Fsp3) is 0.267. The van der Waals surface area contributed by atoms with Gasteiger partial charge in [0.15, 0.2) is 11.5 Å². The second-order valence-electron chi connectivity index (χ2n) is 9.78. The smallest absolute Gasteiger partial charge is 0.243 e. The van der Waals surface area contributed by atoms with E-state index in [4.69, 9.17) is 9.47 Å². The quantitative estimate of drug-likeness (QED) is 0.271. The Bertz CT molecular complexity index is 1570. The number of anilines is 1. The molecule has 1 amide bonds. The van der Waals surface area contributed by atoms with E-state index in [9.17, 15) is 13.2 Å². The molecule has 0 aliphatic heterocycles. The van der Waals surface area contributed by atoms with Gasteiger partial charge in [-0.05, 0) is 37.1 Å². The number of imidazole rings is 1. The van der Waals surface area contributed by atoms with E-state index in [0.29, 0.717) is 22.9 Å². The van der Waals surface area contributed by atoms with Gasteiger partial charge in [-0.2, -0.15) is 4.31 Å². The molecule has 40 heavy (non-hydrogen) atoms. The van der Waals surface area contributed by atoms with Crippen LogP contribution in [-0.2, 0) is 14.8 Å². The molecule has 4 aromatic rings. The first-order valence-electron chi connectivity index (χ1n) is 12.9. The van der Waals surface area contributed by atoms with Crippen LogP contribution >= 0.6 is 0 Å². The lowest BCUT2D eigenvalue weighted by Crippen LogP contribution is -2.40. The van der Waals surface area contributed by atoms with Gasteiger partial charge in [0, 0.05) is 24.4 Å². The summed E-state index contributed by atoms with van der Waals surface area (Å²) in [5.41, 5.74) is 3.12. The molecule has 4 rings (SSSR count). The highest BCUT2D eigenvalue weighted by Crippen LogP contribution is 2.32. The molecule has 0 aliphatic rings. The highest BCUT2D eigenvalue weighted by molar-refractivity contribution is 7.89. The summed E-state index contributed by atoms with van der Waals surface area (Å²) in [6.07, 6.45) is 1.81. The highest BCUT2D eigenvalue weighted by atomic mass is 32.2. The number of methoxy groups -OCH3 is 2. The van der Waals surface area contributed by atoms with Crippen molar-refractivity contribution in [3.05, 3.63) is 84.6 Å². The van der Waals surface area contributed by atoms with E-state index >= 15 is 0 Å². The molecule has 10 heteroatoms. The van der Waals surface area contributed by atoms with E-state index in [2.05, 4.69) is 10.3 Å². The highest BCUT2D eigenvalue weighted by Gasteiger charge is 2.28. The van der Waals surface area contributed by atoms with Gasteiger partial charge in [0.2, 0.25) is 21.9 Å². The third-order valence-electron chi connectivity index (χ3n) is 6.22. The van der Waals surface area contributed by atoms with Gasteiger partial charge in [-0.25, -0.2) is 13.4 Å². The number of rotatable bonds is 11. The summed E-state index contributed by atoms with van der Waals surface area (Å²) in [6.45, 7) is 5.52. The molecule has 0 saturated carbocycles. The molecule has 1 heterocycles. The number of aromatic nitrogens is 2. The van der Waals surface area contributed by atoms with Crippen molar-refractivity contribution in [3.8, 4) is 28.4 Å². The summed E-state index contributed by atoms with van der Waals surface area (Å²) in [5.74, 6) is 0.813. The van der Waals surface area contributed by atoms with Gasteiger partial charge in [0.1, 0.15) is 0 Å². The van der Waals surface area contributed by atoms with Crippen molar-refractivity contribution in [1.29, 1.82) is 0 Å². The lowest BCUT2D eigenvalue weighted by Gasteiger charge is -2.23. The van der Waals surface area contributed by atoms with E-state index in [0.717, 1.165) is 11.1 Å². The Morgan fingerprint density at radius 1 is 0.975 bits per heavy atom. The Morgan fingerprint density at radius 3 is 2.27 bits per heavy atom. The molecule has 0 bridgehead atoms. The Kier molecular flexibility index (Phi) is 8.91. The van der Waals surface area contributed by atoms with Crippen LogP contribution in [0.15, 0.2) is 83.9 Å². The summed E-state index contributed by atoms with van der Waals surface area (Å²) in [6, 6.07) is 21.5. The van der Waals surface area contributed by atoms with E-state index in [1.807, 2.05) is 57.2 Å². The summed E-state index contributed by atoms with van der Waals surface area (Å²) < 4.78 is 40.7. The second-order valence-corrected chi connectivity index (χ2v) is 11.7. The van der Waals surface area contributed by atoms with Crippen LogP contribution in [0.4, 0.5) is 5.95 Å². The largest absolute Gasteiger partial charge is 0.493 e. The molecule has 1 N–H and O–H groups in total. The molecule has 0 saturated heterocycles. The molecule has 3 aromatic carbocycles. The zero-order valence-electron chi connectivity index (χ0n) is 23.3. The number of hydrogen-bond donors (Lipinski definition) is 1. The van der Waals surface area contributed by atoms with E-state index in [1.54, 1.807) is 61.4 Å². The van der Waals surface area contributed by atoms with Gasteiger partial charge >= 0.3 is 0 Å². The van der Waals surface area contributed by atoms with Crippen LogP contribution < -0.4 is 14.8 Å². The number of ether oxygens (including phenoxy) is 2. The molecule has 0 radical (unpaired) electrons. The molecule has 9 nitrogen and oxygen atoms in total. The van der Waals surface area contributed by atoms with Gasteiger partial charge in [-0.1, -0.05) is 61.9 Å². The average Bonchev–Trinajstić information content (AvgIpc) is 3.36. The van der Waals surface area contributed by atoms with Crippen LogP contribution in [-0.4, -0.2) is 55.5 Å². The molecule has 210 valence electrons. The number of sulfonamides is 1. The molecular weight excluding hydrogens is 528 g/mol. The van der Waals surface area contributed by atoms with Crippen LogP contribution in [0.1, 0.15) is 19.4 Å². The minimum absolute atomic E-state index is 0.00598. The SMILES string of the molecule is COc1ccc(-n2cc(-c3ccccc3)nc2NC(=O)CN(CC(C)C)S(=O)(=O)c2ccc(C)cc2)cc1OC. The predicted molar refractivity (Wildman–Crippen MR) is 156 cm³/mol. The number of benzene rings is 3. The first-order valence-corrected chi connectivity index (χ1v) is 14.3. The lowest BCUT2D eigenvalue weighted by molar-refractivity contribution is -0.116. The standard InChI is InChI=1S/C30H34N4O5S/c1-21(2)18-33(40(36,37)25-14-11-22(3)12-15-25)20-29(35)32-30-31-26(23-9-7-6-8-10-23)19-34(30)24-13-16-27(38-4)28(17-24)39-5/h6-17,19,21H,18,20H2,1-5H3,(H,31,32,35). The molecule has 0 aliphatic carbocycles. The zero-order valence-corrected chi connectivity index (χ0v) is 24.1. The van der Waals surface area contributed by atoms with Crippen molar-refractivity contribution in [1.82, 2.24) is 13.9 Å². The molecule has 0 unspecified atom stereocenters. The van der Waals surface area contributed by atoms with Crippen molar-refractivity contribution in [3.63, 3.8) is 0 Å². The Labute approximate surface area is 235 Å². The van der Waals surface area contributed by atoms with Crippen LogP contribution in [0.3, 0.4) is 0 Å². The normalized spacial score (nSPS) is 11.6. The fourth-order valence-corrected chi connectivity index (χ4v) is 5.79. The Hall–Kier alpha value is -4.15. The second kappa shape index (κ2) is 12.4. The molecule has 0 atom stereocenters. The number of carbonyl (C=O) groups is 1. The van der Waals surface area contributed by atoms with Crippen molar-refractivity contribution >= 4 is 21.9 Å². The van der Waals surface area contributed by atoms with E-state index in [1.165, 1.54) is 4.31 Å². The maximum Gasteiger partial charge on any atom is 0.243 e. The van der Waals surface area contributed by atoms with Gasteiger partial charge in [0.05, 0.1) is 37.0 Å². The van der Waals surface area contributed by atoms with Crippen LogP contribution in [0.5, 0.6) is 11.5 Å². The number of hydrogen-bond acceptors (Lipinski definition) is 6. The van der Waals surface area contributed by atoms with Crippen molar-refractivity contribution in [2.75, 3.05) is 32.6 Å². The topological polar surface area (TPSA) is 103 Å². The predicted octanol–water partition coefficient (Wildman–Crippen LogP) is 5.15. The number of amides is 1. The average molecular weight is 563 g/mol. The first kappa shape index (κ1) is 28.8. The number of carbonyl (C=O) groups excluding carboxylic acids is 1. The summed E-state index contributed by atoms with van der Waals surface area (Å²) >= 11 is 0. The summed E-state index contributed by atoms with van der Waals surface area (Å²) in [4.78, 5) is 18.2. The Morgan fingerprint density at radius 2 is 1.65 bits per heavy atom. The van der Waals surface area contributed by atoms with Crippen LogP contribution in [0.2, 0.25) is 0 Å². The van der Waals surface area contributed by atoms with Gasteiger partial charge in [-0.15, -0.1) is 0 Å². The third-order valence-corrected chi connectivity index (χ3v) is 8.05. The molecular formula is C30H34N4O5S. The number of aryl methyl sites for hydroxylation is 1. The van der Waals surface area contributed by atoms with Crippen LogP contribution in [0, 0.1) is 12.8 Å². The number of nitrogens with zero attached hydrogens (tertiary/aromatic N) is 3. The minimum atomic E-state index is -3.90. The van der Waals surface area contributed by atoms with Gasteiger partial charge < -0.3 is 9.47 Å². The van der Waals surface area contributed by atoms with E-state index < -0.39 is 15.9 Å². The van der Waals surface area contributed by atoms with Crippen molar-refractivity contribution in [2.45, 2.75) is 25.7 Å². The molecule has 0 fully saturated rings. The number of nitrogens with one attached hydrogen (secondary N) is 1. The molecule has 1 aromatic heterocycles.